The van der Waals surface area contributed by atoms with Gasteiger partial charge >= 0.3 is 0 Å². The summed E-state index contributed by atoms with van der Waals surface area (Å²) in [6.45, 7) is 8.34. The maximum atomic E-state index is 5.08. The van der Waals surface area contributed by atoms with E-state index in [0.717, 1.165) is 31.7 Å². The van der Waals surface area contributed by atoms with Gasteiger partial charge in [0.25, 0.3) is 0 Å². The number of furan rings is 1. The molecule has 1 aromatic heterocycles. The van der Waals surface area contributed by atoms with Crippen LogP contribution in [0.15, 0.2) is 47.3 Å². The molecule has 0 radical (unpaired) electrons. The Morgan fingerprint density at radius 1 is 1.11 bits per heavy atom. The molecule has 2 aromatic rings. The van der Waals surface area contributed by atoms with Crippen molar-refractivity contribution in [3.8, 4) is 0 Å². The van der Waals surface area contributed by atoms with Gasteiger partial charge in [-0.15, -0.1) is 0 Å². The van der Waals surface area contributed by atoms with Crippen molar-refractivity contribution in [1.29, 1.82) is 0 Å². The molecule has 0 saturated heterocycles. The molecule has 2 rings (SSSR count). The maximum absolute atomic E-state index is 5.08. The largest absolute Gasteiger partial charge is 0.472 e. The minimum atomic E-state index is 0.797. The first-order chi connectivity index (χ1) is 9.33. The first kappa shape index (κ1) is 13.7. The molecule has 0 aliphatic rings. The number of nitrogens with one attached hydrogen (secondary N) is 1. The molecule has 0 fully saturated rings. The molecule has 0 saturated carbocycles. The van der Waals surface area contributed by atoms with Crippen LogP contribution in [-0.4, -0.2) is 18.0 Å². The third-order valence-electron chi connectivity index (χ3n) is 3.37. The Morgan fingerprint density at radius 2 is 1.89 bits per heavy atom. The van der Waals surface area contributed by atoms with Crippen LogP contribution < -0.4 is 5.32 Å². The molecule has 1 heterocycles. The van der Waals surface area contributed by atoms with E-state index in [1.807, 2.05) is 6.07 Å². The highest BCUT2D eigenvalue weighted by Crippen LogP contribution is 2.18. The highest BCUT2D eigenvalue weighted by atomic mass is 16.3. The molecular weight excluding hydrogens is 236 g/mol. The monoisotopic (exact) mass is 258 g/mol. The zero-order valence-corrected chi connectivity index (χ0v) is 11.7. The van der Waals surface area contributed by atoms with Crippen molar-refractivity contribution < 1.29 is 4.42 Å². The maximum Gasteiger partial charge on any atom is 0.0952 e. The lowest BCUT2D eigenvalue weighted by Gasteiger charge is -2.20. The third-order valence-corrected chi connectivity index (χ3v) is 3.37. The fraction of sp³-hybridized carbons (Fsp3) is 0.375. The van der Waals surface area contributed by atoms with Crippen LogP contribution in [0.25, 0.3) is 0 Å². The van der Waals surface area contributed by atoms with E-state index in [4.69, 9.17) is 4.42 Å². The van der Waals surface area contributed by atoms with Gasteiger partial charge in [-0.3, -0.25) is 4.90 Å². The van der Waals surface area contributed by atoms with Crippen LogP contribution in [0, 0.1) is 0 Å². The summed E-state index contributed by atoms with van der Waals surface area (Å²) in [6.07, 6.45) is 3.48. The van der Waals surface area contributed by atoms with Gasteiger partial charge in [0.05, 0.1) is 12.5 Å². The van der Waals surface area contributed by atoms with E-state index < -0.39 is 0 Å². The summed E-state index contributed by atoms with van der Waals surface area (Å²) >= 11 is 0. The molecule has 0 spiro atoms. The lowest BCUT2D eigenvalue weighted by atomic mass is 10.1. The summed E-state index contributed by atoms with van der Waals surface area (Å²) in [5, 5.41) is 3.48. The molecule has 0 aliphatic heterocycles. The van der Waals surface area contributed by atoms with Crippen LogP contribution in [0.1, 0.15) is 25.0 Å². The average Bonchev–Trinajstić information content (AvgIpc) is 2.97. The number of hydrogen-bond donors (Lipinski definition) is 1. The number of anilines is 1. The Kier molecular flexibility index (Phi) is 5.04. The fourth-order valence-electron chi connectivity index (χ4n) is 2.11. The van der Waals surface area contributed by atoms with Crippen molar-refractivity contribution in [2.24, 2.45) is 0 Å². The fourth-order valence-corrected chi connectivity index (χ4v) is 2.11. The summed E-state index contributed by atoms with van der Waals surface area (Å²) in [6, 6.07) is 10.5. The Bertz CT molecular complexity index is 475. The molecule has 0 bridgehead atoms. The lowest BCUT2D eigenvalue weighted by Crippen LogP contribution is -2.22. The van der Waals surface area contributed by atoms with Gasteiger partial charge in [0.2, 0.25) is 0 Å². The quantitative estimate of drug-likeness (QED) is 0.820. The second-order valence-corrected chi connectivity index (χ2v) is 4.60. The number of rotatable bonds is 7. The summed E-state index contributed by atoms with van der Waals surface area (Å²) < 4.78 is 5.08. The predicted octanol–water partition coefficient (Wildman–Crippen LogP) is 3.73. The Morgan fingerprint density at radius 3 is 2.58 bits per heavy atom. The van der Waals surface area contributed by atoms with Gasteiger partial charge < -0.3 is 9.73 Å². The lowest BCUT2D eigenvalue weighted by molar-refractivity contribution is 0.296. The van der Waals surface area contributed by atoms with Crippen LogP contribution in [0.4, 0.5) is 5.69 Å². The smallest absolute Gasteiger partial charge is 0.0952 e. The third kappa shape index (κ3) is 3.86. The molecular formula is C16H22N2O. The van der Waals surface area contributed by atoms with Gasteiger partial charge in [-0.05, 0) is 30.8 Å². The van der Waals surface area contributed by atoms with E-state index in [1.165, 1.54) is 11.3 Å². The summed E-state index contributed by atoms with van der Waals surface area (Å²) in [7, 11) is 0. The van der Waals surface area contributed by atoms with Gasteiger partial charge in [0, 0.05) is 24.3 Å². The first-order valence-corrected chi connectivity index (χ1v) is 6.88. The summed E-state index contributed by atoms with van der Waals surface area (Å²) in [5.74, 6) is 0. The molecule has 102 valence electrons. The topological polar surface area (TPSA) is 28.4 Å². The molecule has 19 heavy (non-hydrogen) atoms. The standard InChI is InChI=1S/C16H22N2O/c1-3-18(4-2)12-15-7-5-6-8-16(15)17-11-14-9-10-19-13-14/h5-10,13,17H,3-4,11-12H2,1-2H3. The van der Waals surface area contributed by atoms with Crippen molar-refractivity contribution >= 4 is 5.69 Å². The van der Waals surface area contributed by atoms with E-state index in [0.29, 0.717) is 0 Å². The first-order valence-electron chi connectivity index (χ1n) is 6.88. The van der Waals surface area contributed by atoms with E-state index in [9.17, 15) is 0 Å². The number of hydrogen-bond acceptors (Lipinski definition) is 3. The minimum absolute atomic E-state index is 0.797. The van der Waals surface area contributed by atoms with Crippen molar-refractivity contribution in [2.45, 2.75) is 26.9 Å². The van der Waals surface area contributed by atoms with Crippen molar-refractivity contribution in [3.63, 3.8) is 0 Å². The van der Waals surface area contributed by atoms with Crippen molar-refractivity contribution in [2.75, 3.05) is 18.4 Å². The summed E-state index contributed by atoms with van der Waals surface area (Å²) in [4.78, 5) is 2.42. The minimum Gasteiger partial charge on any atom is -0.472 e. The van der Waals surface area contributed by atoms with Crippen molar-refractivity contribution in [1.82, 2.24) is 4.90 Å². The van der Waals surface area contributed by atoms with E-state index >= 15 is 0 Å². The zero-order valence-electron chi connectivity index (χ0n) is 11.7. The van der Waals surface area contributed by atoms with Gasteiger partial charge in [-0.1, -0.05) is 32.0 Å². The Hall–Kier alpha value is -1.74. The Balaban J connectivity index is 2.03. The van der Waals surface area contributed by atoms with Crippen LogP contribution in [-0.2, 0) is 13.1 Å². The van der Waals surface area contributed by atoms with Crippen molar-refractivity contribution in [3.05, 3.63) is 54.0 Å². The molecule has 1 aromatic carbocycles. The van der Waals surface area contributed by atoms with Crippen LogP contribution in [0.5, 0.6) is 0 Å². The number of nitrogens with zero attached hydrogens (tertiary/aromatic N) is 1. The number of benzene rings is 1. The molecule has 3 nitrogen and oxygen atoms in total. The van der Waals surface area contributed by atoms with E-state index in [-0.39, 0.29) is 0 Å². The zero-order chi connectivity index (χ0) is 13.5. The normalized spacial score (nSPS) is 10.9. The highest BCUT2D eigenvalue weighted by Gasteiger charge is 2.06. The molecule has 3 heteroatoms. The molecule has 0 aliphatic carbocycles. The van der Waals surface area contributed by atoms with Crippen LogP contribution in [0.3, 0.4) is 0 Å². The Labute approximate surface area is 115 Å². The van der Waals surface area contributed by atoms with E-state index in [1.54, 1.807) is 12.5 Å². The second-order valence-electron chi connectivity index (χ2n) is 4.60. The second kappa shape index (κ2) is 7.00. The molecule has 0 amide bonds. The van der Waals surface area contributed by atoms with Gasteiger partial charge in [-0.25, -0.2) is 0 Å². The highest BCUT2D eigenvalue weighted by molar-refractivity contribution is 5.51. The van der Waals surface area contributed by atoms with Crippen LogP contribution in [0.2, 0.25) is 0 Å². The molecule has 0 atom stereocenters. The van der Waals surface area contributed by atoms with Crippen LogP contribution >= 0.6 is 0 Å². The van der Waals surface area contributed by atoms with Gasteiger partial charge in [0.1, 0.15) is 0 Å². The van der Waals surface area contributed by atoms with Gasteiger partial charge in [0.15, 0.2) is 0 Å². The summed E-state index contributed by atoms with van der Waals surface area (Å²) in [5.41, 5.74) is 3.71. The number of para-hydroxylation sites is 1. The van der Waals surface area contributed by atoms with Gasteiger partial charge in [-0.2, -0.15) is 0 Å². The SMILES string of the molecule is CCN(CC)Cc1ccccc1NCc1ccoc1. The predicted molar refractivity (Wildman–Crippen MR) is 79.1 cm³/mol. The molecule has 1 N–H and O–H groups in total. The average molecular weight is 258 g/mol. The van der Waals surface area contributed by atoms with E-state index in [2.05, 4.69) is 48.3 Å². The molecule has 0 unspecified atom stereocenters.